The zero-order valence-corrected chi connectivity index (χ0v) is 15.1. The first-order chi connectivity index (χ1) is 12.8. The third kappa shape index (κ3) is 5.04. The normalized spacial score (nSPS) is 17.5. The third-order valence-corrected chi connectivity index (χ3v) is 4.69. The summed E-state index contributed by atoms with van der Waals surface area (Å²) in [6.07, 6.45) is -1.04. The molecule has 7 heteroatoms. The summed E-state index contributed by atoms with van der Waals surface area (Å²) in [5.41, 5.74) is 0.360. The molecule has 1 atom stereocenters. The second kappa shape index (κ2) is 8.05. The number of carbonyl (C=O) groups excluding carboxylic acids is 1. The molecule has 1 amide bonds. The molecule has 1 unspecified atom stereocenters. The van der Waals surface area contributed by atoms with Crippen LogP contribution in [0.3, 0.4) is 0 Å². The molecule has 0 saturated carbocycles. The van der Waals surface area contributed by atoms with Crippen LogP contribution in [0, 0.1) is 0 Å². The fourth-order valence-corrected chi connectivity index (χ4v) is 3.21. The second-order valence-corrected chi connectivity index (χ2v) is 6.76. The number of likely N-dealkylation sites (tertiary alicyclic amines) is 1. The van der Waals surface area contributed by atoms with E-state index in [9.17, 15) is 18.0 Å². The van der Waals surface area contributed by atoms with Crippen molar-refractivity contribution in [1.29, 1.82) is 0 Å². The SMILES string of the molecule is O=C(/C=C/c1ccc(Cl)c(C(F)(F)F)c1)N1CCC(Nc2ccccc2)C1. The van der Waals surface area contributed by atoms with E-state index in [0.717, 1.165) is 18.2 Å². The Bertz CT molecular complexity index is 837. The molecule has 2 aromatic carbocycles. The van der Waals surface area contributed by atoms with Gasteiger partial charge in [-0.15, -0.1) is 0 Å². The summed E-state index contributed by atoms with van der Waals surface area (Å²) in [5.74, 6) is -0.226. The molecule has 3 nitrogen and oxygen atoms in total. The summed E-state index contributed by atoms with van der Waals surface area (Å²) in [5, 5.41) is 3.01. The van der Waals surface area contributed by atoms with Gasteiger partial charge in [-0.2, -0.15) is 13.2 Å². The molecule has 1 aliphatic rings. The lowest BCUT2D eigenvalue weighted by Crippen LogP contribution is -2.30. The summed E-state index contributed by atoms with van der Waals surface area (Å²) in [4.78, 5) is 14.0. The first-order valence-corrected chi connectivity index (χ1v) is 8.86. The minimum atomic E-state index is -4.53. The third-order valence-electron chi connectivity index (χ3n) is 4.36. The predicted molar refractivity (Wildman–Crippen MR) is 101 cm³/mol. The van der Waals surface area contributed by atoms with Gasteiger partial charge in [-0.3, -0.25) is 4.79 Å². The Hall–Kier alpha value is -2.47. The molecular formula is C20H18ClF3N2O. The number of halogens is 4. The highest BCUT2D eigenvalue weighted by molar-refractivity contribution is 6.31. The van der Waals surface area contributed by atoms with Crippen molar-refractivity contribution in [3.63, 3.8) is 0 Å². The molecule has 0 aliphatic carbocycles. The largest absolute Gasteiger partial charge is 0.417 e. The molecule has 1 aliphatic heterocycles. The molecule has 1 N–H and O–H groups in total. The Morgan fingerprint density at radius 3 is 2.63 bits per heavy atom. The summed E-state index contributed by atoms with van der Waals surface area (Å²) in [6.45, 7) is 1.15. The number of para-hydroxylation sites is 1. The van der Waals surface area contributed by atoms with Crippen molar-refractivity contribution in [1.82, 2.24) is 4.90 Å². The average molecular weight is 395 g/mol. The standard InChI is InChI=1S/C20H18ClF3N2O/c21-18-8-6-14(12-17(18)20(22,23)24)7-9-19(27)26-11-10-16(13-26)25-15-4-2-1-3-5-15/h1-9,12,16,25H,10-11,13H2/b9-7+. The highest BCUT2D eigenvalue weighted by Gasteiger charge is 2.33. The van der Waals surface area contributed by atoms with Crippen molar-refractivity contribution in [3.8, 4) is 0 Å². The summed E-state index contributed by atoms with van der Waals surface area (Å²) in [6, 6.07) is 13.4. The van der Waals surface area contributed by atoms with E-state index in [1.807, 2.05) is 30.3 Å². The minimum Gasteiger partial charge on any atom is -0.380 e. The van der Waals surface area contributed by atoms with Crippen molar-refractivity contribution in [2.45, 2.75) is 18.6 Å². The monoisotopic (exact) mass is 394 g/mol. The Balaban J connectivity index is 1.61. The quantitative estimate of drug-likeness (QED) is 0.733. The van der Waals surface area contributed by atoms with Gasteiger partial charge in [-0.25, -0.2) is 0 Å². The molecule has 1 fully saturated rings. The van der Waals surface area contributed by atoms with Gasteiger partial charge < -0.3 is 10.2 Å². The Labute approximate surface area is 160 Å². The van der Waals surface area contributed by atoms with E-state index in [-0.39, 0.29) is 22.5 Å². The summed E-state index contributed by atoms with van der Waals surface area (Å²) < 4.78 is 38.7. The van der Waals surface area contributed by atoms with Crippen molar-refractivity contribution < 1.29 is 18.0 Å². The molecule has 1 saturated heterocycles. The Kier molecular flexibility index (Phi) is 5.75. The van der Waals surface area contributed by atoms with Crippen molar-refractivity contribution in [2.24, 2.45) is 0 Å². The zero-order chi connectivity index (χ0) is 19.4. The van der Waals surface area contributed by atoms with Crippen LogP contribution in [0.5, 0.6) is 0 Å². The number of nitrogens with one attached hydrogen (secondary N) is 1. The van der Waals surface area contributed by atoms with Crippen molar-refractivity contribution in [2.75, 3.05) is 18.4 Å². The average Bonchev–Trinajstić information content (AvgIpc) is 3.09. The van der Waals surface area contributed by atoms with Gasteiger partial charge in [-0.1, -0.05) is 35.9 Å². The molecule has 1 heterocycles. The van der Waals surface area contributed by atoms with Crippen LogP contribution in [-0.2, 0) is 11.0 Å². The van der Waals surface area contributed by atoms with Crippen molar-refractivity contribution >= 4 is 29.3 Å². The Morgan fingerprint density at radius 2 is 1.93 bits per heavy atom. The van der Waals surface area contributed by atoms with Crippen LogP contribution in [-0.4, -0.2) is 29.9 Å². The van der Waals surface area contributed by atoms with Crippen LogP contribution in [0.15, 0.2) is 54.6 Å². The summed E-state index contributed by atoms with van der Waals surface area (Å²) in [7, 11) is 0. The van der Waals surface area contributed by atoms with Gasteiger partial charge in [0.15, 0.2) is 0 Å². The molecule has 2 aromatic rings. The van der Waals surface area contributed by atoms with Crippen LogP contribution in [0.1, 0.15) is 17.5 Å². The van der Waals surface area contributed by atoms with Gasteiger partial charge in [0.2, 0.25) is 5.91 Å². The number of alkyl halides is 3. The van der Waals surface area contributed by atoms with Gasteiger partial charge in [-0.05, 0) is 42.3 Å². The highest BCUT2D eigenvalue weighted by atomic mass is 35.5. The van der Waals surface area contributed by atoms with E-state index in [4.69, 9.17) is 11.6 Å². The smallest absolute Gasteiger partial charge is 0.380 e. The predicted octanol–water partition coefficient (Wildman–Crippen LogP) is 5.09. The van der Waals surface area contributed by atoms with E-state index in [0.29, 0.717) is 13.1 Å². The summed E-state index contributed by atoms with van der Waals surface area (Å²) >= 11 is 5.60. The van der Waals surface area contributed by atoms with Gasteiger partial charge in [0, 0.05) is 30.9 Å². The van der Waals surface area contributed by atoms with Crippen LogP contribution in [0.25, 0.3) is 6.08 Å². The molecule has 0 aromatic heterocycles. The van der Waals surface area contributed by atoms with Gasteiger partial charge in [0.05, 0.1) is 10.6 Å². The first kappa shape index (κ1) is 19.3. The maximum atomic E-state index is 12.9. The van der Waals surface area contributed by atoms with E-state index in [1.54, 1.807) is 4.90 Å². The topological polar surface area (TPSA) is 32.3 Å². The van der Waals surface area contributed by atoms with E-state index >= 15 is 0 Å². The number of amides is 1. The second-order valence-electron chi connectivity index (χ2n) is 6.35. The maximum absolute atomic E-state index is 12.9. The van der Waals surface area contributed by atoms with E-state index in [2.05, 4.69) is 5.32 Å². The van der Waals surface area contributed by atoms with Gasteiger partial charge in [0.25, 0.3) is 0 Å². The number of rotatable bonds is 4. The zero-order valence-electron chi connectivity index (χ0n) is 14.3. The lowest BCUT2D eigenvalue weighted by atomic mass is 10.1. The van der Waals surface area contributed by atoms with E-state index in [1.165, 1.54) is 24.3 Å². The van der Waals surface area contributed by atoms with Gasteiger partial charge in [0.1, 0.15) is 0 Å². The van der Waals surface area contributed by atoms with Crippen LogP contribution in [0.4, 0.5) is 18.9 Å². The van der Waals surface area contributed by atoms with Crippen LogP contribution >= 0.6 is 11.6 Å². The number of hydrogen-bond acceptors (Lipinski definition) is 2. The minimum absolute atomic E-state index is 0.150. The molecule has 27 heavy (non-hydrogen) atoms. The number of hydrogen-bond donors (Lipinski definition) is 1. The van der Waals surface area contributed by atoms with Crippen LogP contribution < -0.4 is 5.32 Å². The number of nitrogens with zero attached hydrogens (tertiary/aromatic N) is 1. The highest BCUT2D eigenvalue weighted by Crippen LogP contribution is 2.35. The molecular weight excluding hydrogens is 377 g/mol. The number of carbonyl (C=O) groups is 1. The molecule has 142 valence electrons. The fraction of sp³-hybridized carbons (Fsp3) is 0.250. The Morgan fingerprint density at radius 1 is 1.19 bits per heavy atom. The molecule has 0 radical (unpaired) electrons. The number of anilines is 1. The lowest BCUT2D eigenvalue weighted by Gasteiger charge is -2.16. The molecule has 0 bridgehead atoms. The van der Waals surface area contributed by atoms with Crippen molar-refractivity contribution in [3.05, 3.63) is 70.8 Å². The maximum Gasteiger partial charge on any atom is 0.417 e. The molecule has 0 spiro atoms. The fourth-order valence-electron chi connectivity index (χ4n) is 2.99. The lowest BCUT2D eigenvalue weighted by molar-refractivity contribution is -0.137. The molecule has 3 rings (SSSR count). The number of benzene rings is 2. The van der Waals surface area contributed by atoms with Crippen LogP contribution in [0.2, 0.25) is 5.02 Å². The first-order valence-electron chi connectivity index (χ1n) is 8.48. The van der Waals surface area contributed by atoms with Gasteiger partial charge >= 0.3 is 6.18 Å². The van der Waals surface area contributed by atoms with E-state index < -0.39 is 11.7 Å².